The molecule has 0 aliphatic rings. The van der Waals surface area contributed by atoms with E-state index in [2.05, 4.69) is 10.2 Å². The number of halogens is 1. The predicted molar refractivity (Wildman–Crippen MR) is 116 cm³/mol. The molecule has 9 heteroatoms. The molecule has 0 aliphatic carbocycles. The van der Waals surface area contributed by atoms with Crippen LogP contribution in [0.3, 0.4) is 0 Å². The Labute approximate surface area is 181 Å². The van der Waals surface area contributed by atoms with Crippen LogP contribution >= 0.6 is 23.4 Å². The van der Waals surface area contributed by atoms with E-state index in [0.29, 0.717) is 27.2 Å². The number of nitrogens with zero attached hydrogens (tertiary/aromatic N) is 4. The van der Waals surface area contributed by atoms with E-state index in [1.807, 2.05) is 19.1 Å². The Morgan fingerprint density at radius 1 is 1.17 bits per heavy atom. The van der Waals surface area contributed by atoms with Crippen molar-refractivity contribution in [3.63, 3.8) is 0 Å². The highest BCUT2D eigenvalue weighted by Gasteiger charge is 2.14. The molecule has 0 fully saturated rings. The van der Waals surface area contributed by atoms with Gasteiger partial charge in [-0.05, 0) is 42.3 Å². The van der Waals surface area contributed by atoms with Crippen molar-refractivity contribution in [1.29, 1.82) is 0 Å². The molecule has 152 valence electrons. The molecule has 0 unspecified atom stereocenters. The molecule has 0 atom stereocenters. The lowest BCUT2D eigenvalue weighted by Crippen LogP contribution is -2.21. The van der Waals surface area contributed by atoms with Gasteiger partial charge in [-0.3, -0.25) is 13.8 Å². The third-order valence-corrected chi connectivity index (χ3v) is 6.08. The average molecular weight is 441 g/mol. The minimum absolute atomic E-state index is 0.225. The lowest BCUT2D eigenvalue weighted by molar-refractivity contribution is 0.0600. The van der Waals surface area contributed by atoms with Gasteiger partial charge in [-0.2, -0.15) is 0 Å². The van der Waals surface area contributed by atoms with Gasteiger partial charge < -0.3 is 4.74 Å². The first-order valence-electron chi connectivity index (χ1n) is 9.01. The number of hydrogen-bond donors (Lipinski definition) is 0. The zero-order chi connectivity index (χ0) is 21.3. The standard InChI is InChI=1S/C21H17ClN4O3S/c1-13-16(22)7-4-8-17(13)25-9-10-26-18(19(25)27)23-24-21(26)30-12-14-5-3-6-15(11-14)20(28)29-2/h3-11H,12H2,1-2H3. The number of benzene rings is 2. The number of rotatable bonds is 5. The summed E-state index contributed by atoms with van der Waals surface area (Å²) in [5.74, 6) is 0.175. The summed E-state index contributed by atoms with van der Waals surface area (Å²) in [6, 6.07) is 12.6. The summed E-state index contributed by atoms with van der Waals surface area (Å²) in [6.45, 7) is 1.86. The van der Waals surface area contributed by atoms with Crippen molar-refractivity contribution in [3.8, 4) is 5.69 Å². The quantitative estimate of drug-likeness (QED) is 0.345. The van der Waals surface area contributed by atoms with E-state index in [1.54, 1.807) is 47.1 Å². The zero-order valence-corrected chi connectivity index (χ0v) is 17.8. The molecule has 2 aromatic carbocycles. The number of carbonyl (C=O) groups excluding carboxylic acids is 1. The molecular weight excluding hydrogens is 424 g/mol. The first-order valence-corrected chi connectivity index (χ1v) is 10.4. The molecule has 0 bridgehead atoms. The maximum absolute atomic E-state index is 13.0. The molecule has 30 heavy (non-hydrogen) atoms. The average Bonchev–Trinajstić information content (AvgIpc) is 3.18. The summed E-state index contributed by atoms with van der Waals surface area (Å²) in [5.41, 5.74) is 2.87. The fourth-order valence-electron chi connectivity index (χ4n) is 3.07. The van der Waals surface area contributed by atoms with Gasteiger partial charge in [-0.1, -0.05) is 41.6 Å². The summed E-state index contributed by atoms with van der Waals surface area (Å²) in [7, 11) is 1.35. The van der Waals surface area contributed by atoms with Crippen LogP contribution in [-0.2, 0) is 10.5 Å². The first kappa shape index (κ1) is 20.2. The molecule has 0 saturated carbocycles. The fraction of sp³-hybridized carbons (Fsp3) is 0.143. The van der Waals surface area contributed by atoms with Gasteiger partial charge in [-0.15, -0.1) is 10.2 Å². The third kappa shape index (κ3) is 3.71. The number of fused-ring (bicyclic) bond motifs is 1. The topological polar surface area (TPSA) is 78.5 Å². The summed E-state index contributed by atoms with van der Waals surface area (Å²) in [4.78, 5) is 24.7. The molecule has 0 amide bonds. The van der Waals surface area contributed by atoms with Crippen molar-refractivity contribution in [2.45, 2.75) is 17.8 Å². The molecule has 4 rings (SSSR count). The van der Waals surface area contributed by atoms with Gasteiger partial charge in [0.2, 0.25) is 5.65 Å². The van der Waals surface area contributed by atoms with Crippen molar-refractivity contribution in [2.75, 3.05) is 7.11 Å². The Morgan fingerprint density at radius 2 is 1.97 bits per heavy atom. The van der Waals surface area contributed by atoms with Crippen LogP contribution < -0.4 is 5.56 Å². The summed E-state index contributed by atoms with van der Waals surface area (Å²) < 4.78 is 7.93. The van der Waals surface area contributed by atoms with E-state index in [-0.39, 0.29) is 17.2 Å². The Hall–Kier alpha value is -3.10. The molecule has 0 aliphatic heterocycles. The number of esters is 1. The van der Waals surface area contributed by atoms with Gasteiger partial charge in [0, 0.05) is 23.2 Å². The van der Waals surface area contributed by atoms with Gasteiger partial charge in [0.25, 0.3) is 0 Å². The number of ether oxygens (including phenoxy) is 1. The zero-order valence-electron chi connectivity index (χ0n) is 16.2. The Bertz CT molecular complexity index is 1320. The molecule has 0 N–H and O–H groups in total. The van der Waals surface area contributed by atoms with Gasteiger partial charge in [0.05, 0.1) is 18.4 Å². The number of methoxy groups -OCH3 is 1. The van der Waals surface area contributed by atoms with Crippen molar-refractivity contribution in [1.82, 2.24) is 19.2 Å². The minimum atomic E-state index is -0.383. The molecule has 0 spiro atoms. The van der Waals surface area contributed by atoms with E-state index < -0.39 is 0 Å². The smallest absolute Gasteiger partial charge is 0.337 e. The molecule has 2 aromatic heterocycles. The molecule has 4 aromatic rings. The van der Waals surface area contributed by atoms with Crippen LogP contribution in [0.5, 0.6) is 0 Å². The van der Waals surface area contributed by atoms with E-state index in [0.717, 1.165) is 11.1 Å². The minimum Gasteiger partial charge on any atom is -0.465 e. The summed E-state index contributed by atoms with van der Waals surface area (Å²) in [5, 5.41) is 9.42. The first-order chi connectivity index (χ1) is 14.5. The number of aromatic nitrogens is 4. The fourth-order valence-corrected chi connectivity index (χ4v) is 4.09. The third-order valence-electron chi connectivity index (χ3n) is 4.65. The number of hydrogen-bond acceptors (Lipinski definition) is 6. The lowest BCUT2D eigenvalue weighted by atomic mass is 10.1. The van der Waals surface area contributed by atoms with Crippen LogP contribution in [-0.4, -0.2) is 32.2 Å². The van der Waals surface area contributed by atoms with E-state index >= 15 is 0 Å². The van der Waals surface area contributed by atoms with Gasteiger partial charge >= 0.3 is 11.5 Å². The molecular formula is C21H17ClN4O3S. The maximum atomic E-state index is 13.0. The monoisotopic (exact) mass is 440 g/mol. The van der Waals surface area contributed by atoms with Crippen LogP contribution in [0.25, 0.3) is 11.3 Å². The highest BCUT2D eigenvalue weighted by molar-refractivity contribution is 7.98. The normalized spacial score (nSPS) is 11.0. The molecule has 0 radical (unpaired) electrons. The van der Waals surface area contributed by atoms with Crippen LogP contribution in [0.15, 0.2) is 64.8 Å². The Morgan fingerprint density at radius 3 is 2.77 bits per heavy atom. The Kier molecular flexibility index (Phi) is 5.61. The van der Waals surface area contributed by atoms with Crippen LogP contribution in [0.4, 0.5) is 0 Å². The molecule has 7 nitrogen and oxygen atoms in total. The van der Waals surface area contributed by atoms with Crippen LogP contribution in [0, 0.1) is 6.92 Å². The highest BCUT2D eigenvalue weighted by atomic mass is 35.5. The van der Waals surface area contributed by atoms with Crippen molar-refractivity contribution >= 4 is 35.0 Å². The highest BCUT2D eigenvalue weighted by Crippen LogP contribution is 2.23. The largest absolute Gasteiger partial charge is 0.465 e. The SMILES string of the molecule is COC(=O)c1cccc(CSc2nnc3c(=O)n(-c4cccc(Cl)c4C)ccn23)c1. The second-order valence-corrected chi connectivity index (χ2v) is 7.86. The summed E-state index contributed by atoms with van der Waals surface area (Å²) in [6.07, 6.45) is 3.43. The number of carbonyl (C=O) groups is 1. The summed E-state index contributed by atoms with van der Waals surface area (Å²) >= 11 is 7.62. The van der Waals surface area contributed by atoms with Gasteiger partial charge in [-0.25, -0.2) is 4.79 Å². The van der Waals surface area contributed by atoms with Crippen LogP contribution in [0.2, 0.25) is 5.02 Å². The van der Waals surface area contributed by atoms with Crippen LogP contribution in [0.1, 0.15) is 21.5 Å². The second kappa shape index (κ2) is 8.33. The van der Waals surface area contributed by atoms with E-state index in [4.69, 9.17) is 16.3 Å². The molecule has 0 saturated heterocycles. The van der Waals surface area contributed by atoms with Crippen molar-refractivity contribution in [3.05, 3.63) is 86.9 Å². The second-order valence-electron chi connectivity index (χ2n) is 6.51. The van der Waals surface area contributed by atoms with E-state index in [1.165, 1.54) is 23.4 Å². The lowest BCUT2D eigenvalue weighted by Gasteiger charge is -2.10. The van der Waals surface area contributed by atoms with Gasteiger partial charge in [0.15, 0.2) is 5.16 Å². The number of thioether (sulfide) groups is 1. The Balaban J connectivity index is 1.63. The molecule has 2 heterocycles. The van der Waals surface area contributed by atoms with E-state index in [9.17, 15) is 9.59 Å². The van der Waals surface area contributed by atoms with Crippen molar-refractivity contribution in [2.24, 2.45) is 0 Å². The predicted octanol–water partition coefficient (Wildman–Crippen LogP) is 3.92. The van der Waals surface area contributed by atoms with Crippen molar-refractivity contribution < 1.29 is 9.53 Å². The van der Waals surface area contributed by atoms with Gasteiger partial charge in [0.1, 0.15) is 0 Å². The maximum Gasteiger partial charge on any atom is 0.337 e.